The number of benzene rings is 1. The van der Waals surface area contributed by atoms with Crippen molar-refractivity contribution in [2.45, 2.75) is 32.1 Å². The molecule has 0 spiro atoms. The first kappa shape index (κ1) is 17.5. The van der Waals surface area contributed by atoms with Crippen LogP contribution in [-0.4, -0.2) is 49.6 Å². The van der Waals surface area contributed by atoms with E-state index in [1.54, 1.807) is 29.2 Å². The van der Waals surface area contributed by atoms with Crippen LogP contribution in [0.5, 0.6) is 0 Å². The number of hydrogen-bond acceptors (Lipinski definition) is 3. The maximum atomic E-state index is 12.5. The average Bonchev–Trinajstić information content (AvgIpc) is 3.30. The highest BCUT2D eigenvalue weighted by molar-refractivity contribution is 5.97. The Bertz CT molecular complexity index is 652. The van der Waals surface area contributed by atoms with Crippen LogP contribution in [0.2, 0.25) is 0 Å². The minimum absolute atomic E-state index is 0.0125. The number of carbonyl (C=O) groups is 2. The number of rotatable bonds is 4. The van der Waals surface area contributed by atoms with E-state index >= 15 is 0 Å². The molecule has 1 N–H and O–H groups in total. The first-order valence-electron chi connectivity index (χ1n) is 9.97. The van der Waals surface area contributed by atoms with Gasteiger partial charge in [-0.05, 0) is 61.3 Å². The van der Waals surface area contributed by atoms with Gasteiger partial charge in [-0.3, -0.25) is 9.59 Å². The predicted octanol–water partition coefficient (Wildman–Crippen LogP) is 2.72. The van der Waals surface area contributed by atoms with Gasteiger partial charge in [-0.15, -0.1) is 0 Å². The molecular formula is C21H28N2O3. The lowest BCUT2D eigenvalue weighted by Gasteiger charge is -2.26. The highest BCUT2D eigenvalue weighted by atomic mass is 16.5. The van der Waals surface area contributed by atoms with Gasteiger partial charge >= 0.3 is 0 Å². The van der Waals surface area contributed by atoms with Crippen molar-refractivity contribution in [1.29, 1.82) is 0 Å². The molecule has 1 heterocycles. The van der Waals surface area contributed by atoms with E-state index in [2.05, 4.69) is 5.32 Å². The molecule has 1 aliphatic heterocycles. The molecule has 0 radical (unpaired) electrons. The Kier molecular flexibility index (Phi) is 5.25. The van der Waals surface area contributed by atoms with E-state index in [1.165, 1.54) is 32.1 Å². The summed E-state index contributed by atoms with van der Waals surface area (Å²) in [6.07, 6.45) is 6.67. The molecule has 5 nitrogen and oxygen atoms in total. The number of morpholine rings is 1. The van der Waals surface area contributed by atoms with E-state index in [4.69, 9.17) is 4.74 Å². The Morgan fingerprint density at radius 2 is 1.73 bits per heavy atom. The van der Waals surface area contributed by atoms with Gasteiger partial charge in [0.15, 0.2) is 0 Å². The molecule has 3 aliphatic rings. The summed E-state index contributed by atoms with van der Waals surface area (Å²) in [7, 11) is 0. The number of fused-ring (bicyclic) bond motifs is 1. The molecular weight excluding hydrogens is 328 g/mol. The van der Waals surface area contributed by atoms with Crippen LogP contribution >= 0.6 is 0 Å². The monoisotopic (exact) mass is 356 g/mol. The quantitative estimate of drug-likeness (QED) is 0.902. The Morgan fingerprint density at radius 1 is 1.00 bits per heavy atom. The summed E-state index contributed by atoms with van der Waals surface area (Å²) in [5.41, 5.74) is 1.26. The molecule has 2 amide bonds. The first-order chi connectivity index (χ1) is 12.7. The van der Waals surface area contributed by atoms with Gasteiger partial charge in [0.1, 0.15) is 0 Å². The first-order valence-corrected chi connectivity index (χ1v) is 9.97. The van der Waals surface area contributed by atoms with E-state index < -0.39 is 0 Å². The molecule has 0 bridgehead atoms. The largest absolute Gasteiger partial charge is 0.378 e. The number of nitrogens with one attached hydrogen (secondary N) is 1. The Labute approximate surface area is 155 Å². The van der Waals surface area contributed by atoms with Gasteiger partial charge in [-0.2, -0.15) is 0 Å². The Morgan fingerprint density at radius 3 is 2.50 bits per heavy atom. The number of nitrogens with zero attached hydrogens (tertiary/aromatic N) is 1. The molecule has 2 saturated carbocycles. The summed E-state index contributed by atoms with van der Waals surface area (Å²) < 4.78 is 5.28. The molecule has 1 saturated heterocycles. The molecule has 1 aromatic carbocycles. The van der Waals surface area contributed by atoms with Crippen molar-refractivity contribution in [3.8, 4) is 0 Å². The van der Waals surface area contributed by atoms with Crippen LogP contribution in [0, 0.1) is 17.8 Å². The third kappa shape index (κ3) is 3.63. The number of amides is 2. The summed E-state index contributed by atoms with van der Waals surface area (Å²) in [5, 5.41) is 3.11. The SMILES string of the molecule is O=C(NC[C@H]1CC[C@@H]2CCC[C@@H]21)c1ccc(C(=O)N2CCOCC2)cc1. The maximum absolute atomic E-state index is 12.5. The smallest absolute Gasteiger partial charge is 0.254 e. The number of hydrogen-bond donors (Lipinski definition) is 1. The van der Waals surface area contributed by atoms with Gasteiger partial charge in [-0.25, -0.2) is 0 Å². The van der Waals surface area contributed by atoms with Gasteiger partial charge in [0, 0.05) is 30.8 Å². The number of ether oxygens (including phenoxy) is 1. The topological polar surface area (TPSA) is 58.6 Å². The lowest BCUT2D eigenvalue weighted by atomic mass is 9.92. The minimum Gasteiger partial charge on any atom is -0.378 e. The second kappa shape index (κ2) is 7.78. The van der Waals surface area contributed by atoms with E-state index in [0.717, 1.165) is 18.4 Å². The minimum atomic E-state index is -0.0307. The van der Waals surface area contributed by atoms with Gasteiger partial charge < -0.3 is 15.0 Å². The molecule has 0 aromatic heterocycles. The van der Waals surface area contributed by atoms with Gasteiger partial charge in [-0.1, -0.05) is 12.8 Å². The zero-order valence-corrected chi connectivity index (χ0v) is 15.3. The average molecular weight is 356 g/mol. The van der Waals surface area contributed by atoms with Crippen LogP contribution in [0.15, 0.2) is 24.3 Å². The second-order valence-electron chi connectivity index (χ2n) is 7.88. The van der Waals surface area contributed by atoms with Gasteiger partial charge in [0.05, 0.1) is 13.2 Å². The van der Waals surface area contributed by atoms with Crippen molar-refractivity contribution in [2.24, 2.45) is 17.8 Å². The highest BCUT2D eigenvalue weighted by Crippen LogP contribution is 2.47. The third-order valence-corrected chi connectivity index (χ3v) is 6.45. The lowest BCUT2D eigenvalue weighted by molar-refractivity contribution is 0.0303. The van der Waals surface area contributed by atoms with Crippen molar-refractivity contribution >= 4 is 11.8 Å². The highest BCUT2D eigenvalue weighted by Gasteiger charge is 2.38. The normalized spacial score (nSPS) is 28.0. The van der Waals surface area contributed by atoms with Gasteiger partial charge in [0.25, 0.3) is 11.8 Å². The molecule has 4 rings (SSSR count). The van der Waals surface area contributed by atoms with Crippen molar-refractivity contribution in [3.63, 3.8) is 0 Å². The maximum Gasteiger partial charge on any atom is 0.254 e. The number of carbonyl (C=O) groups excluding carboxylic acids is 2. The van der Waals surface area contributed by atoms with Crippen LogP contribution in [0.25, 0.3) is 0 Å². The van der Waals surface area contributed by atoms with Crippen LogP contribution in [-0.2, 0) is 4.74 Å². The molecule has 1 aromatic rings. The van der Waals surface area contributed by atoms with Crippen molar-refractivity contribution in [2.75, 3.05) is 32.8 Å². The summed E-state index contributed by atoms with van der Waals surface area (Å²) >= 11 is 0. The van der Waals surface area contributed by atoms with Crippen molar-refractivity contribution in [3.05, 3.63) is 35.4 Å². The van der Waals surface area contributed by atoms with E-state index in [0.29, 0.717) is 43.3 Å². The Balaban J connectivity index is 1.31. The summed E-state index contributed by atoms with van der Waals surface area (Å²) in [6.45, 7) is 3.23. The fourth-order valence-corrected chi connectivity index (χ4v) is 4.98. The summed E-state index contributed by atoms with van der Waals surface area (Å²) in [4.78, 5) is 26.7. The van der Waals surface area contributed by atoms with Crippen LogP contribution < -0.4 is 5.32 Å². The molecule has 3 fully saturated rings. The van der Waals surface area contributed by atoms with E-state index in [9.17, 15) is 9.59 Å². The van der Waals surface area contributed by atoms with E-state index in [1.807, 2.05) is 0 Å². The standard InChI is InChI=1S/C21H28N2O3/c24-20(22-14-18-9-4-15-2-1-3-19(15)18)16-5-7-17(8-6-16)21(25)23-10-12-26-13-11-23/h5-8,15,18-19H,1-4,9-14H2,(H,22,24)/t15-,18+,19-/m0/s1. The molecule has 26 heavy (non-hydrogen) atoms. The van der Waals surface area contributed by atoms with Crippen LogP contribution in [0.1, 0.15) is 52.8 Å². The third-order valence-electron chi connectivity index (χ3n) is 6.45. The van der Waals surface area contributed by atoms with Crippen LogP contribution in [0.3, 0.4) is 0 Å². The Hall–Kier alpha value is -1.88. The van der Waals surface area contributed by atoms with Gasteiger partial charge in [0.2, 0.25) is 0 Å². The van der Waals surface area contributed by atoms with Crippen LogP contribution in [0.4, 0.5) is 0 Å². The summed E-state index contributed by atoms with van der Waals surface area (Å²) in [5.74, 6) is 2.36. The second-order valence-corrected chi connectivity index (χ2v) is 7.88. The lowest BCUT2D eigenvalue weighted by Crippen LogP contribution is -2.40. The fraction of sp³-hybridized carbons (Fsp3) is 0.619. The molecule has 140 valence electrons. The molecule has 5 heteroatoms. The zero-order valence-electron chi connectivity index (χ0n) is 15.3. The fourth-order valence-electron chi connectivity index (χ4n) is 4.98. The van der Waals surface area contributed by atoms with Crippen molar-refractivity contribution < 1.29 is 14.3 Å². The zero-order chi connectivity index (χ0) is 17.9. The predicted molar refractivity (Wildman–Crippen MR) is 99.1 cm³/mol. The summed E-state index contributed by atoms with van der Waals surface area (Å²) in [6, 6.07) is 7.04. The van der Waals surface area contributed by atoms with Crippen molar-refractivity contribution in [1.82, 2.24) is 10.2 Å². The molecule has 2 aliphatic carbocycles. The van der Waals surface area contributed by atoms with E-state index in [-0.39, 0.29) is 11.8 Å². The molecule has 0 unspecified atom stereocenters. The molecule has 3 atom stereocenters.